The average molecular weight is 244 g/mol. The number of hydrogen-bond acceptors (Lipinski definition) is 3. The molecule has 0 fully saturated rings. The Bertz CT molecular complexity index is 345. The lowest BCUT2D eigenvalue weighted by molar-refractivity contribution is -0.407. The molecule has 1 aromatic carbocycles. The number of phenolic OH excluding ortho intramolecular Hbond substituents is 1. The van der Waals surface area contributed by atoms with E-state index in [0.717, 1.165) is 0 Å². The fourth-order valence-corrected chi connectivity index (χ4v) is 1.03. The number of nitro groups is 1. The molecule has 1 N–H and O–H groups in total. The quantitative estimate of drug-likeness (QED) is 0.493. The Balaban J connectivity index is 2.92. The van der Waals surface area contributed by atoms with Crippen molar-refractivity contribution >= 4 is 22.0 Å². The molecule has 1 aromatic rings. The fraction of sp³-hybridized carbons (Fsp3) is 0. The lowest BCUT2D eigenvalue weighted by atomic mass is 10.2. The molecule has 0 atom stereocenters. The zero-order valence-electron chi connectivity index (χ0n) is 6.48. The van der Waals surface area contributed by atoms with Crippen LogP contribution >= 0.6 is 15.9 Å². The van der Waals surface area contributed by atoms with E-state index in [4.69, 9.17) is 5.11 Å². The fourth-order valence-electron chi connectivity index (χ4n) is 0.761. The van der Waals surface area contributed by atoms with Crippen LogP contribution in [0, 0.1) is 10.1 Å². The van der Waals surface area contributed by atoms with Gasteiger partial charge in [-0.15, -0.1) is 0 Å². The first-order valence-electron chi connectivity index (χ1n) is 3.40. The normalized spacial score (nSPS) is 11.3. The average Bonchev–Trinajstić information content (AvgIpc) is 2.08. The molecule has 0 radical (unpaired) electrons. The zero-order chi connectivity index (χ0) is 9.84. The molecular weight excluding hydrogens is 238 g/mol. The summed E-state index contributed by atoms with van der Waals surface area (Å²) in [6.07, 6.45) is 1.36. The van der Waals surface area contributed by atoms with Crippen LogP contribution in [0.1, 0.15) is 5.56 Å². The van der Waals surface area contributed by atoms with Gasteiger partial charge in [-0.3, -0.25) is 10.1 Å². The van der Waals surface area contributed by atoms with Crippen LogP contribution in [-0.4, -0.2) is 10.0 Å². The first kappa shape index (κ1) is 9.73. The van der Waals surface area contributed by atoms with Gasteiger partial charge in [0.25, 0.3) is 0 Å². The van der Waals surface area contributed by atoms with Gasteiger partial charge in [-0.25, -0.2) is 0 Å². The van der Waals surface area contributed by atoms with E-state index in [2.05, 4.69) is 15.9 Å². The van der Waals surface area contributed by atoms with Crippen molar-refractivity contribution in [3.8, 4) is 5.75 Å². The van der Waals surface area contributed by atoms with E-state index in [0.29, 0.717) is 5.56 Å². The van der Waals surface area contributed by atoms with Crippen molar-refractivity contribution in [2.75, 3.05) is 0 Å². The minimum absolute atomic E-state index is 0.113. The second-order valence-electron chi connectivity index (χ2n) is 2.32. The maximum absolute atomic E-state index is 10.2. The van der Waals surface area contributed by atoms with Gasteiger partial charge < -0.3 is 5.11 Å². The molecule has 0 aliphatic rings. The monoisotopic (exact) mass is 243 g/mol. The summed E-state index contributed by atoms with van der Waals surface area (Å²) < 4.78 is -0.113. The number of hydrogen-bond donors (Lipinski definition) is 1. The van der Waals surface area contributed by atoms with Crippen molar-refractivity contribution in [3.63, 3.8) is 0 Å². The number of benzene rings is 1. The van der Waals surface area contributed by atoms with Gasteiger partial charge in [0.2, 0.25) is 0 Å². The molecule has 1 rings (SSSR count). The number of aromatic hydroxyl groups is 1. The van der Waals surface area contributed by atoms with E-state index in [1.54, 1.807) is 12.1 Å². The first-order chi connectivity index (χ1) is 6.09. The number of phenols is 1. The van der Waals surface area contributed by atoms with Gasteiger partial charge >= 0.3 is 4.61 Å². The maximum Gasteiger partial charge on any atom is 0.311 e. The highest BCUT2D eigenvalue weighted by Crippen LogP contribution is 2.15. The molecule has 0 aliphatic carbocycles. The number of rotatable bonds is 2. The molecule has 0 aliphatic heterocycles. The van der Waals surface area contributed by atoms with E-state index in [-0.39, 0.29) is 10.4 Å². The van der Waals surface area contributed by atoms with E-state index in [9.17, 15) is 10.1 Å². The van der Waals surface area contributed by atoms with E-state index in [1.807, 2.05) is 0 Å². The Morgan fingerprint density at radius 1 is 1.46 bits per heavy atom. The smallest absolute Gasteiger partial charge is 0.311 e. The number of nitrogens with zero attached hydrogens (tertiary/aromatic N) is 1. The van der Waals surface area contributed by atoms with Gasteiger partial charge in [0.15, 0.2) is 0 Å². The number of halogens is 1. The van der Waals surface area contributed by atoms with Crippen molar-refractivity contribution in [2.45, 2.75) is 0 Å². The van der Waals surface area contributed by atoms with Crippen LogP contribution in [-0.2, 0) is 0 Å². The van der Waals surface area contributed by atoms with Crippen LogP contribution in [0.5, 0.6) is 5.75 Å². The minimum atomic E-state index is -0.535. The zero-order valence-corrected chi connectivity index (χ0v) is 8.06. The summed E-state index contributed by atoms with van der Waals surface area (Å²) in [6, 6.07) is 6.10. The Kier molecular flexibility index (Phi) is 3.02. The summed E-state index contributed by atoms with van der Waals surface area (Å²) in [5.74, 6) is 0.134. The van der Waals surface area contributed by atoms with Gasteiger partial charge in [0.05, 0.1) is 4.92 Å². The van der Waals surface area contributed by atoms with E-state index < -0.39 is 4.92 Å². The summed E-state index contributed by atoms with van der Waals surface area (Å²) >= 11 is 2.80. The molecule has 0 saturated carbocycles. The Morgan fingerprint density at radius 2 is 2.00 bits per heavy atom. The third kappa shape index (κ3) is 2.87. The second kappa shape index (κ2) is 4.04. The molecule has 0 unspecified atom stereocenters. The topological polar surface area (TPSA) is 63.4 Å². The predicted molar refractivity (Wildman–Crippen MR) is 52.0 cm³/mol. The van der Waals surface area contributed by atoms with Crippen molar-refractivity contribution < 1.29 is 10.0 Å². The SMILES string of the molecule is O=[N+]([O-])/C(Br)=C/c1ccc(O)cc1. The van der Waals surface area contributed by atoms with Crippen molar-refractivity contribution in [3.05, 3.63) is 44.5 Å². The molecule has 0 heterocycles. The van der Waals surface area contributed by atoms with Gasteiger partial charge in [-0.2, -0.15) is 0 Å². The van der Waals surface area contributed by atoms with Crippen LogP contribution in [0.2, 0.25) is 0 Å². The molecule has 0 amide bonds. The largest absolute Gasteiger partial charge is 0.508 e. The predicted octanol–water partition coefficient (Wildman–Crippen LogP) is 2.36. The van der Waals surface area contributed by atoms with Crippen LogP contribution in [0.3, 0.4) is 0 Å². The van der Waals surface area contributed by atoms with Crippen LogP contribution in [0.25, 0.3) is 6.08 Å². The highest BCUT2D eigenvalue weighted by atomic mass is 79.9. The van der Waals surface area contributed by atoms with Crippen molar-refractivity contribution in [2.24, 2.45) is 0 Å². The Hall–Kier alpha value is -1.36. The maximum atomic E-state index is 10.2. The summed E-state index contributed by atoms with van der Waals surface area (Å²) in [6.45, 7) is 0. The lowest BCUT2D eigenvalue weighted by Crippen LogP contribution is -1.89. The third-order valence-electron chi connectivity index (χ3n) is 1.35. The van der Waals surface area contributed by atoms with Gasteiger partial charge in [-0.05, 0) is 17.7 Å². The molecule has 5 heteroatoms. The van der Waals surface area contributed by atoms with E-state index in [1.165, 1.54) is 18.2 Å². The van der Waals surface area contributed by atoms with E-state index >= 15 is 0 Å². The van der Waals surface area contributed by atoms with Gasteiger partial charge in [-0.1, -0.05) is 12.1 Å². The van der Waals surface area contributed by atoms with Gasteiger partial charge in [0.1, 0.15) is 5.75 Å². The first-order valence-corrected chi connectivity index (χ1v) is 4.19. The summed E-state index contributed by atoms with van der Waals surface area (Å²) in [4.78, 5) is 9.68. The minimum Gasteiger partial charge on any atom is -0.508 e. The van der Waals surface area contributed by atoms with Crippen LogP contribution in [0.15, 0.2) is 28.9 Å². The standard InChI is InChI=1S/C8H6BrNO3/c9-8(10(12)13)5-6-1-3-7(11)4-2-6/h1-5,11H/b8-5+. The molecule has 68 valence electrons. The molecular formula is C8H6BrNO3. The second-order valence-corrected chi connectivity index (χ2v) is 3.13. The summed E-state index contributed by atoms with van der Waals surface area (Å²) in [5, 5.41) is 19.1. The molecule has 0 aromatic heterocycles. The Morgan fingerprint density at radius 3 is 2.46 bits per heavy atom. The molecule has 0 saturated heterocycles. The molecule has 13 heavy (non-hydrogen) atoms. The highest BCUT2D eigenvalue weighted by molar-refractivity contribution is 9.11. The Labute approximate surface area is 82.8 Å². The molecule has 0 spiro atoms. The molecule has 4 nitrogen and oxygen atoms in total. The third-order valence-corrected chi connectivity index (χ3v) is 1.87. The highest BCUT2D eigenvalue weighted by Gasteiger charge is 2.03. The van der Waals surface area contributed by atoms with Crippen LogP contribution in [0.4, 0.5) is 0 Å². The summed E-state index contributed by atoms with van der Waals surface area (Å²) in [5.41, 5.74) is 0.654. The van der Waals surface area contributed by atoms with Gasteiger partial charge in [0, 0.05) is 22.0 Å². The lowest BCUT2D eigenvalue weighted by Gasteiger charge is -1.93. The molecule has 0 bridgehead atoms. The van der Waals surface area contributed by atoms with Crippen molar-refractivity contribution in [1.82, 2.24) is 0 Å². The van der Waals surface area contributed by atoms with Crippen molar-refractivity contribution in [1.29, 1.82) is 0 Å². The summed E-state index contributed by atoms with van der Waals surface area (Å²) in [7, 11) is 0. The van der Waals surface area contributed by atoms with Crippen LogP contribution < -0.4 is 0 Å².